The molecule has 1 aromatic rings. The van der Waals surface area contributed by atoms with Gasteiger partial charge in [-0.1, -0.05) is 22.0 Å². The van der Waals surface area contributed by atoms with Gasteiger partial charge in [0.05, 0.1) is 0 Å². The highest BCUT2D eigenvalue weighted by Crippen LogP contribution is 2.29. The Kier molecular flexibility index (Phi) is 5.47. The molecule has 112 valence electrons. The Bertz CT molecular complexity index is 439. The van der Waals surface area contributed by atoms with Gasteiger partial charge in [-0.3, -0.25) is 0 Å². The Balaban J connectivity index is 2.08. The van der Waals surface area contributed by atoms with Crippen molar-refractivity contribution in [3.05, 3.63) is 28.2 Å². The molecule has 20 heavy (non-hydrogen) atoms. The van der Waals surface area contributed by atoms with Gasteiger partial charge in [0.2, 0.25) is 0 Å². The molecule has 0 bridgehead atoms. The van der Waals surface area contributed by atoms with E-state index in [2.05, 4.69) is 64.9 Å². The molecule has 0 aliphatic carbocycles. The van der Waals surface area contributed by atoms with Gasteiger partial charge >= 0.3 is 0 Å². The van der Waals surface area contributed by atoms with Gasteiger partial charge in [-0.05, 0) is 63.5 Å². The van der Waals surface area contributed by atoms with Crippen LogP contribution in [0.4, 0.5) is 5.69 Å². The topological polar surface area (TPSA) is 32.5 Å². The molecule has 1 aliphatic heterocycles. The number of hydrogen-bond donors (Lipinski definition) is 1. The van der Waals surface area contributed by atoms with Crippen molar-refractivity contribution in [1.82, 2.24) is 4.90 Å². The lowest BCUT2D eigenvalue weighted by Crippen LogP contribution is -2.36. The van der Waals surface area contributed by atoms with Crippen LogP contribution in [0.5, 0.6) is 0 Å². The van der Waals surface area contributed by atoms with Crippen LogP contribution in [-0.2, 0) is 0 Å². The van der Waals surface area contributed by atoms with Crippen molar-refractivity contribution in [3.63, 3.8) is 0 Å². The van der Waals surface area contributed by atoms with E-state index in [4.69, 9.17) is 5.73 Å². The van der Waals surface area contributed by atoms with Crippen LogP contribution in [0, 0.1) is 5.92 Å². The van der Waals surface area contributed by atoms with Gasteiger partial charge in [-0.15, -0.1) is 0 Å². The number of nitrogens with two attached hydrogens (primary N) is 1. The van der Waals surface area contributed by atoms with Crippen molar-refractivity contribution in [3.8, 4) is 0 Å². The number of benzene rings is 1. The summed E-state index contributed by atoms with van der Waals surface area (Å²) in [5.41, 5.74) is 8.59. The van der Waals surface area contributed by atoms with Crippen molar-refractivity contribution in [2.45, 2.75) is 25.8 Å². The number of nitrogens with zero attached hydrogens (tertiary/aromatic N) is 2. The number of halogens is 1. The minimum atomic E-state index is 0.0676. The van der Waals surface area contributed by atoms with E-state index in [0.29, 0.717) is 0 Å². The van der Waals surface area contributed by atoms with Gasteiger partial charge < -0.3 is 15.5 Å². The fourth-order valence-corrected chi connectivity index (χ4v) is 3.31. The molecule has 1 atom stereocenters. The minimum Gasteiger partial charge on any atom is -0.374 e. The summed E-state index contributed by atoms with van der Waals surface area (Å²) in [4.78, 5) is 4.79. The first-order valence-electron chi connectivity index (χ1n) is 7.42. The molecule has 3 nitrogen and oxygen atoms in total. The highest BCUT2D eigenvalue weighted by molar-refractivity contribution is 9.10. The summed E-state index contributed by atoms with van der Waals surface area (Å²) in [5, 5.41) is 0. The van der Waals surface area contributed by atoms with E-state index in [1.807, 2.05) is 0 Å². The van der Waals surface area contributed by atoms with Crippen LogP contribution in [0.25, 0.3) is 0 Å². The number of anilines is 1. The number of hydrogen-bond acceptors (Lipinski definition) is 3. The Labute approximate surface area is 131 Å². The van der Waals surface area contributed by atoms with Gasteiger partial charge in [0.25, 0.3) is 0 Å². The third-order valence-electron chi connectivity index (χ3n) is 4.26. The first-order valence-corrected chi connectivity index (χ1v) is 8.21. The maximum atomic E-state index is 6.11. The third kappa shape index (κ3) is 3.96. The van der Waals surface area contributed by atoms with E-state index in [1.165, 1.54) is 37.2 Å². The lowest BCUT2D eigenvalue weighted by Gasteiger charge is -2.33. The molecule has 1 heterocycles. The predicted molar refractivity (Wildman–Crippen MR) is 90.2 cm³/mol. The second-order valence-corrected chi connectivity index (χ2v) is 7.03. The van der Waals surface area contributed by atoms with Crippen LogP contribution < -0.4 is 10.6 Å². The van der Waals surface area contributed by atoms with E-state index in [1.54, 1.807) is 0 Å². The largest absolute Gasteiger partial charge is 0.374 e. The summed E-state index contributed by atoms with van der Waals surface area (Å²) >= 11 is 3.57. The van der Waals surface area contributed by atoms with Crippen molar-refractivity contribution < 1.29 is 0 Å². The number of rotatable bonds is 4. The molecule has 4 heteroatoms. The smallest absolute Gasteiger partial charge is 0.0423 e. The average molecular weight is 340 g/mol. The van der Waals surface area contributed by atoms with Gasteiger partial charge in [0.1, 0.15) is 0 Å². The summed E-state index contributed by atoms with van der Waals surface area (Å²) in [5.74, 6) is 0.788. The molecule has 2 rings (SSSR count). The number of piperidine rings is 1. The second-order valence-electron chi connectivity index (χ2n) is 6.12. The summed E-state index contributed by atoms with van der Waals surface area (Å²) in [6.45, 7) is 5.61. The molecule has 0 aromatic heterocycles. The van der Waals surface area contributed by atoms with Crippen LogP contribution in [0.2, 0.25) is 0 Å². The lowest BCUT2D eigenvalue weighted by atomic mass is 9.96. The molecule has 0 radical (unpaired) electrons. The van der Waals surface area contributed by atoms with Crippen LogP contribution in [0.15, 0.2) is 22.7 Å². The normalized spacial score (nSPS) is 19.1. The average Bonchev–Trinajstić information content (AvgIpc) is 2.41. The number of likely N-dealkylation sites (tertiary alicyclic amines) is 1. The van der Waals surface area contributed by atoms with Gasteiger partial charge in [0.15, 0.2) is 0 Å². The Morgan fingerprint density at radius 2 is 2.05 bits per heavy atom. The first kappa shape index (κ1) is 15.8. The molecule has 1 saturated heterocycles. The maximum Gasteiger partial charge on any atom is 0.0423 e. The van der Waals surface area contributed by atoms with E-state index in [-0.39, 0.29) is 6.04 Å². The highest BCUT2D eigenvalue weighted by Gasteiger charge is 2.20. The highest BCUT2D eigenvalue weighted by atomic mass is 79.9. The van der Waals surface area contributed by atoms with Gasteiger partial charge in [-0.25, -0.2) is 0 Å². The lowest BCUT2D eigenvalue weighted by molar-refractivity contribution is 0.222. The summed E-state index contributed by atoms with van der Waals surface area (Å²) < 4.78 is 1.12. The van der Waals surface area contributed by atoms with Gasteiger partial charge in [-0.2, -0.15) is 0 Å². The van der Waals surface area contributed by atoms with Crippen LogP contribution in [0.1, 0.15) is 31.4 Å². The van der Waals surface area contributed by atoms with Crippen LogP contribution in [0.3, 0.4) is 0 Å². The Morgan fingerprint density at radius 3 is 2.65 bits per heavy atom. The van der Waals surface area contributed by atoms with E-state index in [9.17, 15) is 0 Å². The van der Waals surface area contributed by atoms with Crippen molar-refractivity contribution in [2.75, 3.05) is 38.6 Å². The first-order chi connectivity index (χ1) is 9.47. The minimum absolute atomic E-state index is 0.0676. The summed E-state index contributed by atoms with van der Waals surface area (Å²) in [7, 11) is 4.40. The third-order valence-corrected chi connectivity index (χ3v) is 4.76. The summed E-state index contributed by atoms with van der Waals surface area (Å²) in [6.07, 6.45) is 2.59. The van der Waals surface area contributed by atoms with E-state index >= 15 is 0 Å². The standard InChI is InChI=1S/C16H26BrN3/c1-12(18)15-5-4-14(17)10-16(15)20(3)11-13-6-8-19(2)9-7-13/h4-5,10,12-13H,6-9,11,18H2,1-3H3. The monoisotopic (exact) mass is 339 g/mol. The molecular formula is C16H26BrN3. The van der Waals surface area contributed by atoms with Crippen LogP contribution in [-0.4, -0.2) is 38.6 Å². The molecule has 1 fully saturated rings. The van der Waals surface area contributed by atoms with Crippen molar-refractivity contribution in [2.24, 2.45) is 11.7 Å². The zero-order chi connectivity index (χ0) is 14.7. The fraction of sp³-hybridized carbons (Fsp3) is 0.625. The molecular weight excluding hydrogens is 314 g/mol. The quantitative estimate of drug-likeness (QED) is 0.913. The van der Waals surface area contributed by atoms with E-state index in [0.717, 1.165) is 16.9 Å². The maximum absolute atomic E-state index is 6.11. The molecule has 2 N–H and O–H groups in total. The SMILES string of the molecule is CC(N)c1ccc(Br)cc1N(C)CC1CCN(C)CC1. The molecule has 1 aromatic carbocycles. The zero-order valence-corrected chi connectivity index (χ0v) is 14.4. The second kappa shape index (κ2) is 6.92. The molecule has 0 amide bonds. The Morgan fingerprint density at radius 1 is 1.40 bits per heavy atom. The fourth-order valence-electron chi connectivity index (χ4n) is 2.96. The molecule has 1 aliphatic rings. The zero-order valence-electron chi connectivity index (χ0n) is 12.8. The summed E-state index contributed by atoms with van der Waals surface area (Å²) in [6, 6.07) is 6.46. The molecule has 0 saturated carbocycles. The van der Waals surface area contributed by atoms with Crippen molar-refractivity contribution >= 4 is 21.6 Å². The van der Waals surface area contributed by atoms with Crippen LogP contribution >= 0.6 is 15.9 Å². The van der Waals surface area contributed by atoms with E-state index < -0.39 is 0 Å². The van der Waals surface area contributed by atoms with Crippen molar-refractivity contribution in [1.29, 1.82) is 0 Å². The molecule has 1 unspecified atom stereocenters. The van der Waals surface area contributed by atoms with Gasteiger partial charge in [0, 0.05) is 29.8 Å². The Hall–Kier alpha value is -0.580. The predicted octanol–water partition coefficient (Wildman–Crippen LogP) is 3.25. The molecule has 0 spiro atoms.